The van der Waals surface area contributed by atoms with Crippen molar-refractivity contribution in [3.05, 3.63) is 156 Å². The molecule has 0 N–H and O–H groups in total. The van der Waals surface area contributed by atoms with Gasteiger partial charge in [0.05, 0.1) is 11.0 Å². The van der Waals surface area contributed by atoms with Crippen LogP contribution in [-0.2, 0) is 0 Å². The lowest BCUT2D eigenvalue weighted by Gasteiger charge is -2.18. The van der Waals surface area contributed by atoms with Gasteiger partial charge in [-0.1, -0.05) is 127 Å². The Hall–Kier alpha value is -5.80. The molecule has 3 nitrogen and oxygen atoms in total. The molecule has 0 aliphatic rings. The number of rotatable bonds is 3. The van der Waals surface area contributed by atoms with Crippen LogP contribution in [0.25, 0.3) is 82.4 Å². The molecule has 9 rings (SSSR count). The van der Waals surface area contributed by atoms with Crippen LogP contribution in [0.5, 0.6) is 0 Å². The number of imidazole rings is 1. The van der Waals surface area contributed by atoms with Gasteiger partial charge in [0.15, 0.2) is 0 Å². The molecule has 0 fully saturated rings. The van der Waals surface area contributed by atoms with Crippen LogP contribution in [0.2, 0.25) is 0 Å². The van der Waals surface area contributed by atoms with Gasteiger partial charge in [0.1, 0.15) is 5.82 Å². The summed E-state index contributed by atoms with van der Waals surface area (Å²) >= 11 is 0. The Kier molecular flexibility index (Phi) is 5.05. The van der Waals surface area contributed by atoms with Crippen molar-refractivity contribution in [2.45, 2.75) is 0 Å². The van der Waals surface area contributed by atoms with Crippen molar-refractivity contribution in [1.29, 1.82) is 0 Å². The molecule has 0 unspecified atom stereocenters. The van der Waals surface area contributed by atoms with E-state index in [2.05, 4.69) is 97.1 Å². The van der Waals surface area contributed by atoms with E-state index in [1.807, 2.05) is 48.5 Å². The monoisotopic (exact) mass is 548 g/mol. The van der Waals surface area contributed by atoms with E-state index in [1.165, 1.54) is 38.2 Å². The molecule has 0 amide bonds. The van der Waals surface area contributed by atoms with Crippen LogP contribution in [0.3, 0.4) is 0 Å². The molecule has 0 saturated heterocycles. The third kappa shape index (κ3) is 3.42. The van der Waals surface area contributed by atoms with Gasteiger partial charge in [-0.15, -0.1) is 0 Å². The number of aromatic nitrogens is 2. The molecular weight excluding hydrogens is 524 g/mol. The van der Waals surface area contributed by atoms with E-state index in [9.17, 15) is 4.79 Å². The molecule has 9 aromatic rings. The fourth-order valence-corrected chi connectivity index (χ4v) is 6.92. The van der Waals surface area contributed by atoms with Gasteiger partial charge >= 0.3 is 0 Å². The standard InChI is InChI=1S/C40H24N2O/c43-40-33-22-12-7-17-28(33)34-23-27(24-35-38(34)42(40)39(41-35)26-15-5-2-6-16-26)37-31-20-10-8-18-29(31)36(25-13-3-1-4-14-25)30-19-9-11-21-32(30)37/h1-24H. The summed E-state index contributed by atoms with van der Waals surface area (Å²) in [6.45, 7) is 0. The minimum Gasteiger partial charge on any atom is -0.268 e. The topological polar surface area (TPSA) is 34.4 Å². The first-order valence-corrected chi connectivity index (χ1v) is 14.5. The van der Waals surface area contributed by atoms with Crippen LogP contribution < -0.4 is 5.56 Å². The van der Waals surface area contributed by atoms with Gasteiger partial charge in [0.2, 0.25) is 0 Å². The summed E-state index contributed by atoms with van der Waals surface area (Å²) in [4.78, 5) is 19.1. The summed E-state index contributed by atoms with van der Waals surface area (Å²) in [7, 11) is 0. The molecule has 200 valence electrons. The summed E-state index contributed by atoms with van der Waals surface area (Å²) in [6, 6.07) is 50.4. The highest BCUT2D eigenvalue weighted by Crippen LogP contribution is 2.45. The first-order valence-electron chi connectivity index (χ1n) is 14.5. The van der Waals surface area contributed by atoms with Crippen LogP contribution in [-0.4, -0.2) is 9.38 Å². The first-order chi connectivity index (χ1) is 21.3. The molecule has 0 aliphatic heterocycles. The Balaban J connectivity index is 1.47. The van der Waals surface area contributed by atoms with Gasteiger partial charge < -0.3 is 0 Å². The normalized spacial score (nSPS) is 11.8. The average Bonchev–Trinajstić information content (AvgIpc) is 3.47. The molecule has 0 bridgehead atoms. The third-order valence-electron chi connectivity index (χ3n) is 8.72. The SMILES string of the molecule is O=c1c2ccccc2c2cc(-c3c4ccccc4c(-c4ccccc4)c4ccccc34)cc3nc(-c4ccccc4)n1c32. The summed E-state index contributed by atoms with van der Waals surface area (Å²) in [5.41, 5.74) is 7.25. The molecule has 0 aliphatic carbocycles. The Morgan fingerprint density at radius 2 is 0.884 bits per heavy atom. The van der Waals surface area contributed by atoms with Gasteiger partial charge in [0.25, 0.3) is 5.56 Å². The maximum atomic E-state index is 13.9. The Labute approximate surface area is 247 Å². The van der Waals surface area contributed by atoms with Crippen molar-refractivity contribution in [3.8, 4) is 33.6 Å². The second kappa shape index (κ2) is 9.10. The van der Waals surface area contributed by atoms with Gasteiger partial charge in [-0.05, 0) is 67.4 Å². The van der Waals surface area contributed by atoms with Crippen molar-refractivity contribution < 1.29 is 0 Å². The van der Waals surface area contributed by atoms with Gasteiger partial charge in [0, 0.05) is 16.3 Å². The zero-order valence-corrected chi connectivity index (χ0v) is 23.2. The van der Waals surface area contributed by atoms with Crippen LogP contribution in [0.1, 0.15) is 0 Å². The Morgan fingerprint density at radius 1 is 0.419 bits per heavy atom. The predicted molar refractivity (Wildman–Crippen MR) is 179 cm³/mol. The summed E-state index contributed by atoms with van der Waals surface area (Å²) in [5.74, 6) is 0.669. The lowest BCUT2D eigenvalue weighted by molar-refractivity contribution is 1.13. The predicted octanol–water partition coefficient (Wildman–Crippen LogP) is 9.75. The minimum absolute atomic E-state index is 0.0414. The largest absolute Gasteiger partial charge is 0.268 e. The fourth-order valence-electron chi connectivity index (χ4n) is 6.92. The van der Waals surface area contributed by atoms with Crippen molar-refractivity contribution in [3.63, 3.8) is 0 Å². The number of hydrogen-bond donors (Lipinski definition) is 0. The highest BCUT2D eigenvalue weighted by atomic mass is 16.1. The highest BCUT2D eigenvalue weighted by Gasteiger charge is 2.22. The van der Waals surface area contributed by atoms with E-state index >= 15 is 0 Å². The molecule has 2 heterocycles. The van der Waals surface area contributed by atoms with Crippen molar-refractivity contribution in [2.75, 3.05) is 0 Å². The molecule has 43 heavy (non-hydrogen) atoms. The molecule has 0 saturated carbocycles. The summed E-state index contributed by atoms with van der Waals surface area (Å²) in [5, 5.41) is 7.46. The quantitative estimate of drug-likeness (QED) is 0.163. The Bertz CT molecular complexity index is 2510. The average molecular weight is 549 g/mol. The summed E-state index contributed by atoms with van der Waals surface area (Å²) < 4.78 is 1.81. The van der Waals surface area contributed by atoms with E-state index < -0.39 is 0 Å². The van der Waals surface area contributed by atoms with Gasteiger partial charge in [-0.2, -0.15) is 0 Å². The second-order valence-corrected chi connectivity index (χ2v) is 11.1. The summed E-state index contributed by atoms with van der Waals surface area (Å²) in [6.07, 6.45) is 0. The molecule has 0 radical (unpaired) electrons. The zero-order chi connectivity index (χ0) is 28.5. The smallest absolute Gasteiger partial charge is 0.264 e. The molecule has 3 heteroatoms. The van der Waals surface area contributed by atoms with Crippen LogP contribution >= 0.6 is 0 Å². The van der Waals surface area contributed by atoms with E-state index in [1.54, 1.807) is 4.40 Å². The highest BCUT2D eigenvalue weighted by molar-refractivity contribution is 6.23. The van der Waals surface area contributed by atoms with Crippen molar-refractivity contribution >= 4 is 48.7 Å². The maximum Gasteiger partial charge on any atom is 0.264 e. The molecule has 7 aromatic carbocycles. The second-order valence-electron chi connectivity index (χ2n) is 11.1. The third-order valence-corrected chi connectivity index (χ3v) is 8.72. The van der Waals surface area contributed by atoms with Crippen LogP contribution in [0.15, 0.2) is 150 Å². The van der Waals surface area contributed by atoms with E-state index in [0.717, 1.165) is 32.9 Å². The number of hydrogen-bond acceptors (Lipinski definition) is 2. The number of benzene rings is 7. The first kappa shape index (κ1) is 23.9. The number of nitrogens with zero attached hydrogens (tertiary/aromatic N) is 2. The van der Waals surface area contributed by atoms with Crippen molar-refractivity contribution in [1.82, 2.24) is 9.38 Å². The maximum absolute atomic E-state index is 13.9. The van der Waals surface area contributed by atoms with E-state index in [0.29, 0.717) is 11.2 Å². The molecule has 2 aromatic heterocycles. The Morgan fingerprint density at radius 3 is 1.47 bits per heavy atom. The number of pyridine rings is 1. The molecule has 0 atom stereocenters. The van der Waals surface area contributed by atoms with E-state index in [-0.39, 0.29) is 5.56 Å². The molecule has 0 spiro atoms. The lowest BCUT2D eigenvalue weighted by atomic mass is 9.85. The van der Waals surface area contributed by atoms with Crippen molar-refractivity contribution in [2.24, 2.45) is 0 Å². The molecular formula is C40H24N2O. The van der Waals surface area contributed by atoms with Gasteiger partial charge in [-0.25, -0.2) is 4.98 Å². The lowest BCUT2D eigenvalue weighted by Crippen LogP contribution is -2.14. The van der Waals surface area contributed by atoms with Gasteiger partial charge in [-0.3, -0.25) is 9.20 Å². The minimum atomic E-state index is -0.0414. The van der Waals surface area contributed by atoms with Crippen LogP contribution in [0.4, 0.5) is 0 Å². The zero-order valence-electron chi connectivity index (χ0n) is 23.2. The van der Waals surface area contributed by atoms with E-state index in [4.69, 9.17) is 4.98 Å². The van der Waals surface area contributed by atoms with Crippen LogP contribution in [0, 0.1) is 0 Å². The number of fused-ring (bicyclic) bond motifs is 4. The fraction of sp³-hybridized carbons (Fsp3) is 0.